The molecule has 0 spiro atoms. The monoisotopic (exact) mass is 179 g/mol. The highest BCUT2D eigenvalue weighted by molar-refractivity contribution is 5.58. The molecule has 2 rings (SSSR count). The van der Waals surface area contributed by atoms with Crippen molar-refractivity contribution in [2.75, 3.05) is 5.73 Å². The fourth-order valence-electron chi connectivity index (χ4n) is 0.949. The number of nitrogens with two attached hydrogens (primary N) is 1. The third-order valence-electron chi connectivity index (χ3n) is 1.50. The Morgan fingerprint density at radius 2 is 2.00 bits per heavy atom. The van der Waals surface area contributed by atoms with Crippen LogP contribution in [-0.2, 0) is 0 Å². The highest BCUT2D eigenvalue weighted by Crippen LogP contribution is 2.06. The first kappa shape index (κ1) is 9.44. The maximum atomic E-state index is 5.54. The van der Waals surface area contributed by atoms with E-state index < -0.39 is 0 Å². The van der Waals surface area contributed by atoms with Gasteiger partial charge in [0.2, 0.25) is 0 Å². The summed E-state index contributed by atoms with van der Waals surface area (Å²) in [4.78, 5) is 7.83. The molecule has 0 saturated carbocycles. The molecule has 2 aromatic rings. The second-order valence-electron chi connectivity index (χ2n) is 2.28. The summed E-state index contributed by atoms with van der Waals surface area (Å²) in [5.41, 5.74) is 7.10. The summed E-state index contributed by atoms with van der Waals surface area (Å²) >= 11 is 0. The van der Waals surface area contributed by atoms with Crippen molar-refractivity contribution in [2.24, 2.45) is 0 Å². The Bertz CT molecular complexity index is 392. The number of nitrogen functional groups attached to an aromatic ring is 1. The van der Waals surface area contributed by atoms with Gasteiger partial charge in [-0.1, -0.05) is 13.8 Å². The van der Waals surface area contributed by atoms with Crippen LogP contribution < -0.4 is 5.73 Å². The van der Waals surface area contributed by atoms with Crippen LogP contribution >= 0.6 is 0 Å². The van der Waals surface area contributed by atoms with E-state index in [-0.39, 0.29) is 0 Å². The Balaban J connectivity index is 0.000000396. The second kappa shape index (κ2) is 3.84. The Kier molecular flexibility index (Phi) is 2.79. The van der Waals surface area contributed by atoms with Gasteiger partial charge in [0.1, 0.15) is 6.33 Å². The molecule has 0 aromatic carbocycles. The van der Waals surface area contributed by atoms with Crippen LogP contribution in [0.4, 0.5) is 5.82 Å². The number of nitrogens with zero attached hydrogens (tertiary/aromatic N) is 4. The van der Waals surface area contributed by atoms with Crippen molar-refractivity contribution in [1.29, 1.82) is 0 Å². The van der Waals surface area contributed by atoms with Gasteiger partial charge in [0.25, 0.3) is 0 Å². The smallest absolute Gasteiger partial charge is 0.196 e. The molecule has 2 heterocycles. The van der Waals surface area contributed by atoms with Gasteiger partial charge < -0.3 is 5.73 Å². The van der Waals surface area contributed by atoms with Gasteiger partial charge in [0, 0.05) is 0 Å². The zero-order chi connectivity index (χ0) is 9.84. The van der Waals surface area contributed by atoms with Crippen LogP contribution in [0.25, 0.3) is 5.65 Å². The van der Waals surface area contributed by atoms with Crippen molar-refractivity contribution in [3.05, 3.63) is 18.2 Å². The molecule has 70 valence electrons. The maximum Gasteiger partial charge on any atom is 0.196 e. The summed E-state index contributed by atoms with van der Waals surface area (Å²) in [7, 11) is 0. The first-order chi connectivity index (χ1) is 6.29. The lowest BCUT2D eigenvalue weighted by Crippen LogP contribution is -1.99. The molecule has 0 aliphatic heterocycles. The Morgan fingerprint density at radius 1 is 1.31 bits per heavy atom. The van der Waals surface area contributed by atoms with E-state index in [1.165, 1.54) is 6.33 Å². The third-order valence-corrected chi connectivity index (χ3v) is 1.50. The van der Waals surface area contributed by atoms with E-state index >= 15 is 0 Å². The predicted molar refractivity (Wildman–Crippen MR) is 51.3 cm³/mol. The molecule has 0 saturated heterocycles. The predicted octanol–water partition coefficient (Wildman–Crippen LogP) is 1.04. The molecule has 0 bridgehead atoms. The van der Waals surface area contributed by atoms with Crippen LogP contribution in [0.3, 0.4) is 0 Å². The van der Waals surface area contributed by atoms with Crippen molar-refractivity contribution < 1.29 is 0 Å². The minimum Gasteiger partial charge on any atom is -0.381 e. The zero-order valence-electron chi connectivity index (χ0n) is 8.02. The summed E-state index contributed by atoms with van der Waals surface area (Å²) in [5.74, 6) is 0.410. The van der Waals surface area contributed by atoms with Crippen molar-refractivity contribution in [2.45, 2.75) is 20.8 Å². The SMILES string of the molecule is CC.Cc1cnc2c(N)ncnn12. The Morgan fingerprint density at radius 3 is 2.62 bits per heavy atom. The summed E-state index contributed by atoms with van der Waals surface area (Å²) in [6.07, 6.45) is 3.12. The fraction of sp³-hybridized carbons (Fsp3) is 0.375. The first-order valence-electron chi connectivity index (χ1n) is 4.20. The lowest BCUT2D eigenvalue weighted by atomic mass is 10.6. The average molecular weight is 179 g/mol. The van der Waals surface area contributed by atoms with E-state index in [1.807, 2.05) is 20.8 Å². The lowest BCUT2D eigenvalue weighted by molar-refractivity contribution is 0.872. The Labute approximate surface area is 76.6 Å². The number of hydrogen-bond donors (Lipinski definition) is 1. The molecular formula is C8H13N5. The van der Waals surface area contributed by atoms with Gasteiger partial charge >= 0.3 is 0 Å². The van der Waals surface area contributed by atoms with E-state index in [1.54, 1.807) is 10.7 Å². The van der Waals surface area contributed by atoms with Crippen molar-refractivity contribution in [1.82, 2.24) is 19.6 Å². The lowest BCUT2D eigenvalue weighted by Gasteiger charge is -1.94. The molecule has 0 amide bonds. The van der Waals surface area contributed by atoms with Gasteiger partial charge in [0.05, 0.1) is 11.9 Å². The molecule has 5 heteroatoms. The first-order valence-corrected chi connectivity index (χ1v) is 4.20. The van der Waals surface area contributed by atoms with Gasteiger partial charge in [-0.05, 0) is 6.92 Å². The number of imidazole rings is 1. The van der Waals surface area contributed by atoms with Gasteiger partial charge in [-0.15, -0.1) is 0 Å². The van der Waals surface area contributed by atoms with Gasteiger partial charge in [-0.2, -0.15) is 5.10 Å². The number of fused-ring (bicyclic) bond motifs is 1. The molecular weight excluding hydrogens is 166 g/mol. The minimum absolute atomic E-state index is 0.410. The van der Waals surface area contributed by atoms with Crippen molar-refractivity contribution >= 4 is 11.5 Å². The summed E-state index contributed by atoms with van der Waals surface area (Å²) in [6, 6.07) is 0. The van der Waals surface area contributed by atoms with E-state index in [0.717, 1.165) is 5.69 Å². The summed E-state index contributed by atoms with van der Waals surface area (Å²) in [5, 5.41) is 3.96. The van der Waals surface area contributed by atoms with Crippen LogP contribution in [0.2, 0.25) is 0 Å². The summed E-state index contributed by atoms with van der Waals surface area (Å²) in [6.45, 7) is 5.91. The average Bonchev–Trinajstić information content (AvgIpc) is 2.53. The standard InChI is InChI=1S/C6H7N5.C2H6/c1-4-2-8-6-5(7)9-3-10-11(4)6;1-2/h2-3H,1H3,(H2,7,9,10);1-2H3. The highest BCUT2D eigenvalue weighted by Gasteiger charge is 2.02. The molecule has 5 nitrogen and oxygen atoms in total. The van der Waals surface area contributed by atoms with E-state index in [4.69, 9.17) is 5.73 Å². The number of rotatable bonds is 0. The van der Waals surface area contributed by atoms with Crippen LogP contribution in [0.1, 0.15) is 19.5 Å². The molecule has 0 radical (unpaired) electrons. The van der Waals surface area contributed by atoms with Crippen LogP contribution in [0.15, 0.2) is 12.5 Å². The van der Waals surface area contributed by atoms with Gasteiger partial charge in [-0.25, -0.2) is 14.5 Å². The third kappa shape index (κ3) is 1.58. The largest absolute Gasteiger partial charge is 0.381 e. The molecule has 0 unspecified atom stereocenters. The maximum absolute atomic E-state index is 5.54. The fourth-order valence-corrected chi connectivity index (χ4v) is 0.949. The molecule has 2 N–H and O–H groups in total. The molecule has 2 aromatic heterocycles. The molecule has 13 heavy (non-hydrogen) atoms. The molecule has 0 aliphatic rings. The quantitative estimate of drug-likeness (QED) is 0.656. The normalized spacial score (nSPS) is 9.46. The topological polar surface area (TPSA) is 69.1 Å². The molecule has 0 aliphatic carbocycles. The van der Waals surface area contributed by atoms with Gasteiger partial charge in [0.15, 0.2) is 11.5 Å². The number of hydrogen-bond acceptors (Lipinski definition) is 4. The van der Waals surface area contributed by atoms with Crippen LogP contribution in [0.5, 0.6) is 0 Å². The highest BCUT2D eigenvalue weighted by atomic mass is 15.3. The van der Waals surface area contributed by atoms with Crippen molar-refractivity contribution in [3.63, 3.8) is 0 Å². The zero-order valence-corrected chi connectivity index (χ0v) is 8.02. The van der Waals surface area contributed by atoms with Gasteiger partial charge in [-0.3, -0.25) is 0 Å². The summed E-state index contributed by atoms with van der Waals surface area (Å²) < 4.78 is 1.66. The number of aryl methyl sites for hydroxylation is 1. The molecule has 0 fully saturated rings. The Hall–Kier alpha value is -1.65. The van der Waals surface area contributed by atoms with E-state index in [2.05, 4.69) is 15.1 Å². The van der Waals surface area contributed by atoms with Crippen LogP contribution in [0, 0.1) is 6.92 Å². The molecule has 0 atom stereocenters. The number of aromatic nitrogens is 4. The van der Waals surface area contributed by atoms with E-state index in [9.17, 15) is 0 Å². The number of anilines is 1. The second-order valence-corrected chi connectivity index (χ2v) is 2.28. The van der Waals surface area contributed by atoms with E-state index in [0.29, 0.717) is 11.5 Å². The van der Waals surface area contributed by atoms with Crippen molar-refractivity contribution in [3.8, 4) is 0 Å². The van der Waals surface area contributed by atoms with Crippen LogP contribution in [-0.4, -0.2) is 19.6 Å². The minimum atomic E-state index is 0.410.